The van der Waals surface area contributed by atoms with Crippen molar-refractivity contribution in [3.63, 3.8) is 0 Å². The number of allylic oxidation sites excluding steroid dienone is 4. The largest absolute Gasteiger partial charge is 0.478 e. The smallest absolute Gasteiger partial charge is 0.308 e. The number of carbonyl (C=O) groups excluding carboxylic acids is 1. The molecule has 1 heterocycles. The Kier molecular flexibility index (Phi) is 27.8. The molecule has 0 fully saturated rings. The molecule has 1 aromatic carbocycles. The number of nitrogens with zero attached hydrogens (tertiary/aromatic N) is 2. The highest BCUT2D eigenvalue weighted by atomic mass is 16.5. The number of ether oxygens (including phenoxy) is 3. The van der Waals surface area contributed by atoms with Crippen LogP contribution in [0, 0.1) is 5.92 Å². The fraction of sp³-hybridized carbons (Fsp3) is 0.475. The SMILES string of the molecule is C=C/C=C(\C=C(/C)C(O)Nc1ccc(C(C)C=C)nc1)Oc1ccccc1.CC.CC.CCOC(=O)C(CC)CCC(C)OC(C)=NC. The lowest BCUT2D eigenvalue weighted by atomic mass is 9.99. The summed E-state index contributed by atoms with van der Waals surface area (Å²) in [6.07, 6.45) is 10.4. The van der Waals surface area contributed by atoms with Crippen LogP contribution in [0.15, 0.2) is 102 Å². The molecule has 0 amide bonds. The van der Waals surface area contributed by atoms with Crippen molar-refractivity contribution >= 4 is 17.6 Å². The van der Waals surface area contributed by atoms with Crippen LogP contribution in [0.5, 0.6) is 5.75 Å². The van der Waals surface area contributed by atoms with E-state index < -0.39 is 6.23 Å². The summed E-state index contributed by atoms with van der Waals surface area (Å²) in [5, 5.41) is 13.5. The molecule has 4 unspecified atom stereocenters. The minimum absolute atomic E-state index is 0.0140. The van der Waals surface area contributed by atoms with E-state index in [1.165, 1.54) is 0 Å². The molecule has 8 nitrogen and oxygen atoms in total. The van der Waals surface area contributed by atoms with Crippen LogP contribution in [-0.4, -0.2) is 47.9 Å². The minimum Gasteiger partial charge on any atom is -0.478 e. The van der Waals surface area contributed by atoms with Crippen molar-refractivity contribution in [1.82, 2.24) is 4.98 Å². The second kappa shape index (κ2) is 29.0. The van der Waals surface area contributed by atoms with Crippen LogP contribution in [0.4, 0.5) is 5.69 Å². The lowest BCUT2D eigenvalue weighted by Gasteiger charge is -2.17. The average Bonchev–Trinajstić information content (AvgIpc) is 3.11. The van der Waals surface area contributed by atoms with E-state index in [1.807, 2.05) is 118 Å². The van der Waals surface area contributed by atoms with Crippen LogP contribution in [-0.2, 0) is 14.3 Å². The molecule has 48 heavy (non-hydrogen) atoms. The van der Waals surface area contributed by atoms with Crippen LogP contribution in [0.25, 0.3) is 0 Å². The molecule has 0 saturated carbocycles. The zero-order chi connectivity index (χ0) is 36.9. The summed E-state index contributed by atoms with van der Waals surface area (Å²) in [6, 6.07) is 13.3. The Hall–Kier alpha value is -4.17. The van der Waals surface area contributed by atoms with E-state index in [1.54, 1.807) is 31.5 Å². The van der Waals surface area contributed by atoms with Crippen molar-refractivity contribution in [2.24, 2.45) is 10.9 Å². The van der Waals surface area contributed by atoms with Crippen LogP contribution in [0.2, 0.25) is 0 Å². The van der Waals surface area contributed by atoms with Gasteiger partial charge in [-0.3, -0.25) is 14.8 Å². The summed E-state index contributed by atoms with van der Waals surface area (Å²) in [6.45, 7) is 27.5. The maximum atomic E-state index is 11.6. The van der Waals surface area contributed by atoms with Gasteiger partial charge in [0.2, 0.25) is 0 Å². The highest BCUT2D eigenvalue weighted by Gasteiger charge is 2.19. The number of carbonyl (C=O) groups is 1. The third kappa shape index (κ3) is 20.1. The number of hydrogen-bond donors (Lipinski definition) is 2. The van der Waals surface area contributed by atoms with Crippen LogP contribution < -0.4 is 10.1 Å². The van der Waals surface area contributed by atoms with Gasteiger partial charge in [0, 0.05) is 25.6 Å². The Morgan fingerprint density at radius 1 is 1.02 bits per heavy atom. The number of anilines is 1. The Bertz CT molecular complexity index is 1220. The topological polar surface area (TPSA) is 102 Å². The summed E-state index contributed by atoms with van der Waals surface area (Å²) in [5.41, 5.74) is 2.36. The van der Waals surface area contributed by atoms with Crippen molar-refractivity contribution < 1.29 is 24.1 Å². The van der Waals surface area contributed by atoms with Crippen LogP contribution >= 0.6 is 0 Å². The van der Waals surface area contributed by atoms with Gasteiger partial charge in [-0.25, -0.2) is 0 Å². The minimum atomic E-state index is -0.873. The van der Waals surface area contributed by atoms with Crippen LogP contribution in [0.1, 0.15) is 100 Å². The first-order chi connectivity index (χ1) is 23.1. The van der Waals surface area contributed by atoms with Gasteiger partial charge >= 0.3 is 5.97 Å². The monoisotopic (exact) mass is 665 g/mol. The van der Waals surface area contributed by atoms with Crippen molar-refractivity contribution in [1.29, 1.82) is 0 Å². The molecule has 0 aliphatic heterocycles. The molecule has 1 aromatic heterocycles. The summed E-state index contributed by atoms with van der Waals surface area (Å²) in [7, 11) is 1.70. The number of nitrogens with one attached hydrogen (secondary N) is 1. The van der Waals surface area contributed by atoms with E-state index in [0.29, 0.717) is 29.6 Å². The summed E-state index contributed by atoms with van der Waals surface area (Å²) in [5.74, 6) is 2.06. The highest BCUT2D eigenvalue weighted by molar-refractivity contribution is 5.73. The van der Waals surface area contributed by atoms with Gasteiger partial charge < -0.3 is 24.6 Å². The summed E-state index contributed by atoms with van der Waals surface area (Å²) < 4.78 is 16.4. The van der Waals surface area contributed by atoms with E-state index in [0.717, 1.165) is 30.6 Å². The predicted octanol–water partition coefficient (Wildman–Crippen LogP) is 10.1. The zero-order valence-electron chi connectivity index (χ0n) is 31.5. The summed E-state index contributed by atoms with van der Waals surface area (Å²) >= 11 is 0. The third-order valence-electron chi connectivity index (χ3n) is 6.69. The molecule has 0 saturated heterocycles. The van der Waals surface area contributed by atoms with Gasteiger partial charge in [-0.05, 0) is 82.0 Å². The number of para-hydroxylation sites is 1. The second-order valence-electron chi connectivity index (χ2n) is 10.3. The van der Waals surface area contributed by atoms with Crippen molar-refractivity contribution in [2.45, 2.75) is 107 Å². The Morgan fingerprint density at radius 3 is 2.17 bits per heavy atom. The van der Waals surface area contributed by atoms with Gasteiger partial charge in [-0.2, -0.15) is 0 Å². The maximum absolute atomic E-state index is 11.6. The summed E-state index contributed by atoms with van der Waals surface area (Å²) in [4.78, 5) is 19.9. The number of esters is 1. The molecule has 0 bridgehead atoms. The first-order valence-corrected chi connectivity index (χ1v) is 17.1. The lowest BCUT2D eigenvalue weighted by Crippen LogP contribution is -2.20. The molecule has 2 rings (SSSR count). The molecule has 0 radical (unpaired) electrons. The quantitative estimate of drug-likeness (QED) is 0.0350. The van der Waals surface area contributed by atoms with E-state index in [-0.39, 0.29) is 23.9 Å². The molecule has 2 aromatic rings. The number of pyridine rings is 1. The first kappa shape index (κ1) is 46.0. The fourth-order valence-electron chi connectivity index (χ4n) is 3.90. The molecule has 8 heteroatoms. The third-order valence-corrected chi connectivity index (χ3v) is 6.69. The van der Waals surface area contributed by atoms with Crippen molar-refractivity contribution in [3.8, 4) is 5.75 Å². The fourth-order valence-corrected chi connectivity index (χ4v) is 3.90. The van der Waals surface area contributed by atoms with Crippen molar-refractivity contribution in [3.05, 3.63) is 103 Å². The number of aliphatic hydroxyl groups is 1. The number of hydrogen-bond acceptors (Lipinski definition) is 8. The van der Waals surface area contributed by atoms with E-state index in [2.05, 4.69) is 28.5 Å². The maximum Gasteiger partial charge on any atom is 0.308 e. The van der Waals surface area contributed by atoms with Gasteiger partial charge in [-0.15, -0.1) is 6.58 Å². The molecule has 2 N–H and O–H groups in total. The van der Waals surface area contributed by atoms with E-state index in [4.69, 9.17) is 14.2 Å². The van der Waals surface area contributed by atoms with Crippen molar-refractivity contribution in [2.75, 3.05) is 19.0 Å². The average molecular weight is 666 g/mol. The Labute approximate surface area is 291 Å². The molecule has 0 aliphatic rings. The number of aromatic nitrogens is 1. The van der Waals surface area contributed by atoms with E-state index in [9.17, 15) is 9.90 Å². The van der Waals surface area contributed by atoms with Gasteiger partial charge in [0.05, 0.1) is 30.5 Å². The lowest BCUT2D eigenvalue weighted by molar-refractivity contribution is -0.148. The number of benzene rings is 1. The number of aliphatic hydroxyl groups excluding tert-OH is 1. The Balaban J connectivity index is 0. The van der Waals surface area contributed by atoms with Gasteiger partial charge in [0.25, 0.3) is 0 Å². The predicted molar refractivity (Wildman–Crippen MR) is 204 cm³/mol. The first-order valence-electron chi connectivity index (χ1n) is 17.1. The molecule has 4 atom stereocenters. The zero-order valence-corrected chi connectivity index (χ0v) is 31.5. The van der Waals surface area contributed by atoms with E-state index >= 15 is 0 Å². The highest BCUT2D eigenvalue weighted by Crippen LogP contribution is 2.19. The molecule has 0 spiro atoms. The molecule has 268 valence electrons. The number of aliphatic imine (C=N–C) groups is 1. The molecular weight excluding hydrogens is 602 g/mol. The molecule has 0 aliphatic carbocycles. The number of rotatable bonds is 16. The normalized spacial score (nSPS) is 13.6. The standard InChI is InChI=1S/C23H26N2O2.C13H25NO3.2C2H6/c1-5-10-21(27-20-11-8-7-9-12-20)15-18(4)23(26)25-19-13-14-22(24-16-19)17(3)6-2;1-6-12(13(15)16-7-2)9-8-10(3)17-11(4)14-5;2*1-2/h5-17,23,25-26H,1-2H2,3-4H3;10,12H,6-9H2,1-5H3;2*1-2H3/b18-15+,21-10+;;;. The molecular formula is C40H63N3O5. The van der Waals surface area contributed by atoms with Crippen LogP contribution in [0.3, 0.4) is 0 Å². The van der Waals surface area contributed by atoms with Gasteiger partial charge in [0.1, 0.15) is 17.7 Å². The van der Waals surface area contributed by atoms with Gasteiger partial charge in [-0.1, -0.05) is 78.5 Å². The van der Waals surface area contributed by atoms with Gasteiger partial charge in [0.15, 0.2) is 5.90 Å². The second-order valence-corrected chi connectivity index (χ2v) is 10.3. The Morgan fingerprint density at radius 2 is 1.67 bits per heavy atom.